The number of hydrogen-bond acceptors (Lipinski definition) is 9. The predicted molar refractivity (Wildman–Crippen MR) is 127 cm³/mol. The molecule has 0 fully saturated rings. The van der Waals surface area contributed by atoms with Crippen LogP contribution in [0.25, 0.3) is 0 Å². The lowest BCUT2D eigenvalue weighted by Gasteiger charge is -2.25. The molecule has 13 heteroatoms. The second-order valence-electron chi connectivity index (χ2n) is 6.66. The molecule has 0 aliphatic carbocycles. The van der Waals surface area contributed by atoms with Crippen molar-refractivity contribution < 1.29 is 29.4 Å². The summed E-state index contributed by atoms with van der Waals surface area (Å²) in [4.78, 5) is 49.0. The van der Waals surface area contributed by atoms with Crippen LogP contribution in [0.3, 0.4) is 0 Å². The number of carboxylic acid groups (broad SMARTS) is 1. The summed E-state index contributed by atoms with van der Waals surface area (Å²) in [5, 5.41) is 26.0. The van der Waals surface area contributed by atoms with Crippen LogP contribution in [0.5, 0.6) is 0 Å². The standard InChI is InChI=1S/C18H34N4O6S3/c1-29-7-4-12(20-15(24)11(19)10-23)16(25)21-13(5-8-30-2)17(26)22-14(18(27)28)6-9-31-3/h11-14,23H,4-10,19H2,1-3H3,(H,20,24)(H,21,25)(H,22,26)(H,27,28). The van der Waals surface area contributed by atoms with Crippen LogP contribution < -0.4 is 21.7 Å². The van der Waals surface area contributed by atoms with Gasteiger partial charge in [0, 0.05) is 0 Å². The summed E-state index contributed by atoms with van der Waals surface area (Å²) in [5.74, 6) is -1.25. The van der Waals surface area contributed by atoms with Crippen molar-refractivity contribution in [3.05, 3.63) is 0 Å². The summed E-state index contributed by atoms with van der Waals surface area (Å²) in [6.45, 7) is -0.561. The highest BCUT2D eigenvalue weighted by molar-refractivity contribution is 7.98. The Kier molecular flexibility index (Phi) is 16.8. The first-order chi connectivity index (χ1) is 14.7. The molecule has 4 unspecified atom stereocenters. The van der Waals surface area contributed by atoms with E-state index in [0.29, 0.717) is 30.1 Å². The normalized spacial score (nSPS) is 14.7. The van der Waals surface area contributed by atoms with E-state index >= 15 is 0 Å². The fourth-order valence-electron chi connectivity index (χ4n) is 2.41. The van der Waals surface area contributed by atoms with E-state index in [9.17, 15) is 24.3 Å². The van der Waals surface area contributed by atoms with Crippen LogP contribution in [-0.2, 0) is 19.2 Å². The van der Waals surface area contributed by atoms with Gasteiger partial charge in [-0.3, -0.25) is 14.4 Å². The highest BCUT2D eigenvalue weighted by Crippen LogP contribution is 2.07. The summed E-state index contributed by atoms with van der Waals surface area (Å²) < 4.78 is 0. The van der Waals surface area contributed by atoms with Crippen LogP contribution in [0.4, 0.5) is 0 Å². The van der Waals surface area contributed by atoms with Crippen molar-refractivity contribution in [3.8, 4) is 0 Å². The topological polar surface area (TPSA) is 171 Å². The average Bonchev–Trinajstić information content (AvgIpc) is 2.75. The van der Waals surface area contributed by atoms with Crippen molar-refractivity contribution in [2.75, 3.05) is 42.6 Å². The first-order valence-electron chi connectivity index (χ1n) is 9.68. The second-order valence-corrected chi connectivity index (χ2v) is 9.61. The number of aliphatic carboxylic acids is 1. The molecule has 0 spiro atoms. The number of hydrogen-bond donors (Lipinski definition) is 6. The van der Waals surface area contributed by atoms with Gasteiger partial charge in [0.05, 0.1) is 6.61 Å². The zero-order chi connectivity index (χ0) is 23.8. The predicted octanol–water partition coefficient (Wildman–Crippen LogP) is -0.896. The Morgan fingerprint density at radius 2 is 1.10 bits per heavy atom. The molecule has 0 rings (SSSR count). The van der Waals surface area contributed by atoms with E-state index < -0.39 is 54.5 Å². The molecule has 10 nitrogen and oxygen atoms in total. The molecule has 3 amide bonds. The van der Waals surface area contributed by atoms with Crippen molar-refractivity contribution in [1.29, 1.82) is 0 Å². The van der Waals surface area contributed by atoms with E-state index in [1.807, 2.05) is 18.8 Å². The minimum atomic E-state index is -1.16. The number of aliphatic hydroxyl groups excluding tert-OH is 1. The van der Waals surface area contributed by atoms with E-state index in [4.69, 9.17) is 10.8 Å². The zero-order valence-electron chi connectivity index (χ0n) is 18.1. The summed E-state index contributed by atoms with van der Waals surface area (Å²) in [7, 11) is 0. The number of carboxylic acids is 1. The quantitative estimate of drug-likeness (QED) is 0.148. The summed E-state index contributed by atoms with van der Waals surface area (Å²) in [6, 6.07) is -4.10. The maximum absolute atomic E-state index is 12.8. The Hall–Kier alpha value is -1.15. The Labute approximate surface area is 196 Å². The van der Waals surface area contributed by atoms with E-state index in [0.717, 1.165) is 0 Å². The van der Waals surface area contributed by atoms with Gasteiger partial charge in [0.25, 0.3) is 0 Å². The Morgan fingerprint density at radius 3 is 1.45 bits per heavy atom. The van der Waals surface area contributed by atoms with Gasteiger partial charge >= 0.3 is 5.97 Å². The highest BCUT2D eigenvalue weighted by Gasteiger charge is 2.29. The lowest BCUT2D eigenvalue weighted by molar-refractivity contribution is -0.142. The lowest BCUT2D eigenvalue weighted by Crippen LogP contribution is -2.57. The highest BCUT2D eigenvalue weighted by atomic mass is 32.2. The fourth-order valence-corrected chi connectivity index (χ4v) is 3.82. The van der Waals surface area contributed by atoms with Crippen LogP contribution >= 0.6 is 35.3 Å². The minimum Gasteiger partial charge on any atom is -0.480 e. The van der Waals surface area contributed by atoms with Crippen molar-refractivity contribution in [2.45, 2.75) is 43.4 Å². The van der Waals surface area contributed by atoms with E-state index in [-0.39, 0.29) is 6.42 Å². The first kappa shape index (κ1) is 29.9. The number of aliphatic hydroxyl groups is 1. The largest absolute Gasteiger partial charge is 0.480 e. The molecule has 0 radical (unpaired) electrons. The van der Waals surface area contributed by atoms with Crippen molar-refractivity contribution in [2.24, 2.45) is 5.73 Å². The van der Waals surface area contributed by atoms with Gasteiger partial charge in [-0.1, -0.05) is 0 Å². The van der Waals surface area contributed by atoms with Gasteiger partial charge in [-0.15, -0.1) is 0 Å². The number of thioether (sulfide) groups is 3. The molecule has 0 heterocycles. The smallest absolute Gasteiger partial charge is 0.326 e. The molecule has 0 aromatic heterocycles. The number of rotatable bonds is 17. The van der Waals surface area contributed by atoms with Crippen LogP contribution in [0.15, 0.2) is 0 Å². The average molecular weight is 499 g/mol. The van der Waals surface area contributed by atoms with Crippen molar-refractivity contribution in [1.82, 2.24) is 16.0 Å². The molecule has 31 heavy (non-hydrogen) atoms. The SMILES string of the molecule is CSCCC(NC(=O)C(CCSC)NC(=O)C(CCSC)NC(=O)C(N)CO)C(=O)O. The Morgan fingerprint density at radius 1 is 0.742 bits per heavy atom. The van der Waals surface area contributed by atoms with Gasteiger partial charge < -0.3 is 31.9 Å². The molecule has 0 aliphatic rings. The molecule has 180 valence electrons. The number of carbonyl (C=O) groups excluding carboxylic acids is 3. The van der Waals surface area contributed by atoms with Gasteiger partial charge in [0.1, 0.15) is 24.2 Å². The maximum Gasteiger partial charge on any atom is 0.326 e. The van der Waals surface area contributed by atoms with Gasteiger partial charge in [-0.2, -0.15) is 35.3 Å². The molecule has 7 N–H and O–H groups in total. The van der Waals surface area contributed by atoms with Gasteiger partial charge in [0.15, 0.2) is 0 Å². The fraction of sp³-hybridized carbons (Fsp3) is 0.778. The minimum absolute atomic E-state index is 0.261. The third kappa shape index (κ3) is 12.5. The first-order valence-corrected chi connectivity index (χ1v) is 13.9. The van der Waals surface area contributed by atoms with Crippen LogP contribution in [-0.4, -0.2) is 101 Å². The molecule has 0 aromatic rings. The van der Waals surface area contributed by atoms with Gasteiger partial charge in [0.2, 0.25) is 17.7 Å². The maximum atomic E-state index is 12.8. The summed E-state index contributed by atoms with van der Waals surface area (Å²) in [5.41, 5.74) is 5.51. The van der Waals surface area contributed by atoms with E-state index in [1.165, 1.54) is 35.3 Å². The zero-order valence-corrected chi connectivity index (χ0v) is 20.5. The van der Waals surface area contributed by atoms with Crippen LogP contribution in [0, 0.1) is 0 Å². The summed E-state index contributed by atoms with van der Waals surface area (Å²) >= 11 is 4.44. The van der Waals surface area contributed by atoms with E-state index in [1.54, 1.807) is 0 Å². The van der Waals surface area contributed by atoms with Gasteiger partial charge in [-0.05, 0) is 55.3 Å². The monoisotopic (exact) mass is 498 g/mol. The number of nitrogens with two attached hydrogens (primary N) is 1. The van der Waals surface area contributed by atoms with Crippen LogP contribution in [0.1, 0.15) is 19.3 Å². The van der Waals surface area contributed by atoms with Crippen LogP contribution in [0.2, 0.25) is 0 Å². The van der Waals surface area contributed by atoms with Crippen molar-refractivity contribution in [3.63, 3.8) is 0 Å². The number of nitrogens with one attached hydrogen (secondary N) is 3. The molecular formula is C18H34N4O6S3. The molecule has 0 aromatic carbocycles. The second kappa shape index (κ2) is 17.4. The number of carbonyl (C=O) groups is 4. The number of amides is 3. The molecule has 0 bridgehead atoms. The molecule has 4 atom stereocenters. The van der Waals surface area contributed by atoms with Crippen molar-refractivity contribution >= 4 is 59.0 Å². The lowest BCUT2D eigenvalue weighted by atomic mass is 10.1. The van der Waals surface area contributed by atoms with E-state index in [2.05, 4.69) is 16.0 Å². The molecule has 0 saturated carbocycles. The summed E-state index contributed by atoms with van der Waals surface area (Å²) in [6.07, 6.45) is 6.41. The molecule has 0 aliphatic heterocycles. The third-order valence-corrected chi connectivity index (χ3v) is 6.18. The Balaban J connectivity index is 5.31. The van der Waals surface area contributed by atoms with Gasteiger partial charge in [-0.25, -0.2) is 4.79 Å². The molecule has 0 saturated heterocycles. The third-order valence-electron chi connectivity index (χ3n) is 4.25. The Bertz CT molecular complexity index is 584. The molecular weight excluding hydrogens is 464 g/mol.